The number of benzene rings is 2. The molecule has 2 fully saturated rings. The Morgan fingerprint density at radius 1 is 0.786 bits per heavy atom. The maximum atomic E-state index is 13.1. The molecule has 2 aromatic carbocycles. The zero-order chi connectivity index (χ0) is 30.5. The molecule has 5 rings (SSSR count). The van der Waals surface area contributed by atoms with Crippen LogP contribution in [0.5, 0.6) is 23.0 Å². The molecule has 2 aromatic rings. The van der Waals surface area contributed by atoms with Crippen molar-refractivity contribution in [1.29, 1.82) is 0 Å². The molecule has 0 unspecified atom stereocenters. The van der Waals surface area contributed by atoms with Crippen LogP contribution in [0.1, 0.15) is 40.1 Å². The van der Waals surface area contributed by atoms with Gasteiger partial charge in [0.1, 0.15) is 89.6 Å². The predicted molar refractivity (Wildman–Crippen MR) is 136 cm³/mol. The second kappa shape index (κ2) is 11.9. The van der Waals surface area contributed by atoms with E-state index in [1.165, 1.54) is 24.3 Å². The number of aromatic hydroxyl groups is 3. The Hall–Kier alpha value is -3.09. The summed E-state index contributed by atoms with van der Waals surface area (Å²) in [5, 5.41) is 103. The minimum atomic E-state index is -1.89. The normalized spacial score (nSPS) is 36.7. The maximum absolute atomic E-state index is 13.1. The molecule has 0 aromatic heterocycles. The van der Waals surface area contributed by atoms with Crippen molar-refractivity contribution in [3.8, 4) is 23.0 Å². The molecule has 0 saturated carbocycles. The molecule has 0 bridgehead atoms. The number of carbonyl (C=O) groups is 1. The molecule has 230 valence electrons. The molecule has 15 heteroatoms. The van der Waals surface area contributed by atoms with E-state index in [2.05, 4.69) is 0 Å². The Labute approximate surface area is 238 Å². The van der Waals surface area contributed by atoms with Gasteiger partial charge in [0.15, 0.2) is 12.1 Å². The monoisotopic (exact) mass is 596 g/mol. The van der Waals surface area contributed by atoms with Gasteiger partial charge >= 0.3 is 0 Å². The molecular weight excluding hydrogens is 564 g/mol. The van der Waals surface area contributed by atoms with Crippen LogP contribution in [-0.4, -0.2) is 125 Å². The number of Topliss-reactive ketones (excluding diaryl/α,β-unsaturated/α-hetero) is 1. The minimum Gasteiger partial charge on any atom is -0.508 e. The van der Waals surface area contributed by atoms with Crippen LogP contribution >= 0.6 is 0 Å². The second-order valence-electron chi connectivity index (χ2n) is 10.5. The van der Waals surface area contributed by atoms with Crippen LogP contribution < -0.4 is 4.74 Å². The summed E-state index contributed by atoms with van der Waals surface area (Å²) in [5.74, 6) is -2.19. The average molecular weight is 597 g/mol. The number of fused-ring (bicyclic) bond motifs is 1. The van der Waals surface area contributed by atoms with E-state index in [1.54, 1.807) is 0 Å². The molecule has 42 heavy (non-hydrogen) atoms. The fraction of sp³-hybridized carbons (Fsp3) is 0.519. The first-order valence-electron chi connectivity index (χ1n) is 13.1. The van der Waals surface area contributed by atoms with Crippen molar-refractivity contribution in [2.75, 3.05) is 13.2 Å². The van der Waals surface area contributed by atoms with Crippen LogP contribution in [0.25, 0.3) is 0 Å². The van der Waals surface area contributed by atoms with E-state index in [-0.39, 0.29) is 29.0 Å². The Balaban J connectivity index is 1.43. The molecule has 0 spiro atoms. The SMILES string of the molecule is O=C1C[C@@H](c2ccc(O)cc2)Oc2c1c(O)cc(O)c2[C@@H]1O[C@H](CO[C@@H]2O[C@H](CO)[C@@H](O)[C@H](O)[C@H]2O)[C@@H](O)[C@H](O)[C@H]1O. The lowest BCUT2D eigenvalue weighted by atomic mass is 9.87. The molecular formula is C27H32O15. The molecule has 3 aliphatic heterocycles. The quantitative estimate of drug-likeness (QED) is 0.171. The largest absolute Gasteiger partial charge is 0.508 e. The number of aliphatic hydroxyl groups is 7. The molecule has 0 amide bonds. The highest BCUT2D eigenvalue weighted by Gasteiger charge is 2.49. The number of carbonyl (C=O) groups excluding carboxylic acids is 1. The van der Waals surface area contributed by atoms with Crippen molar-refractivity contribution in [3.63, 3.8) is 0 Å². The third-order valence-electron chi connectivity index (χ3n) is 7.72. The summed E-state index contributed by atoms with van der Waals surface area (Å²) in [4.78, 5) is 13.1. The smallest absolute Gasteiger partial charge is 0.186 e. The fourth-order valence-corrected chi connectivity index (χ4v) is 5.36. The van der Waals surface area contributed by atoms with Gasteiger partial charge in [-0.3, -0.25) is 4.79 Å². The third kappa shape index (κ3) is 5.40. The van der Waals surface area contributed by atoms with Gasteiger partial charge in [-0.05, 0) is 17.7 Å². The van der Waals surface area contributed by atoms with Gasteiger partial charge in [0.2, 0.25) is 0 Å². The number of ether oxygens (including phenoxy) is 4. The van der Waals surface area contributed by atoms with E-state index in [1.807, 2.05) is 0 Å². The number of aliphatic hydroxyl groups excluding tert-OH is 7. The van der Waals surface area contributed by atoms with Gasteiger partial charge in [-0.25, -0.2) is 0 Å². The zero-order valence-corrected chi connectivity index (χ0v) is 21.9. The number of phenols is 3. The number of rotatable bonds is 6. The highest BCUT2D eigenvalue weighted by atomic mass is 16.7. The Bertz CT molecular complexity index is 1280. The number of ketones is 1. The zero-order valence-electron chi connectivity index (χ0n) is 21.9. The fourth-order valence-electron chi connectivity index (χ4n) is 5.36. The van der Waals surface area contributed by atoms with Gasteiger partial charge in [0.05, 0.1) is 25.2 Å². The molecule has 3 aliphatic rings. The molecule has 2 saturated heterocycles. The summed E-state index contributed by atoms with van der Waals surface area (Å²) in [6.07, 6.45) is -17.8. The standard InChI is InChI=1S/C27H32O15/c28-7-15-19(33)22(36)24(38)27(42-15)39-8-16-20(34)21(35)23(37)26(41-16)18-12(31)5-11(30)17-13(32)6-14(40-25(17)18)9-1-3-10(29)4-2-9/h1-5,14-16,19-24,26-31,33-38H,6-8H2/t14-,15+,16+,19+,20+,21-,22-,23+,24+,26-,27+/m0/s1. The summed E-state index contributed by atoms with van der Waals surface area (Å²) < 4.78 is 22.6. The number of hydrogen-bond donors (Lipinski definition) is 10. The molecule has 0 radical (unpaired) electrons. The van der Waals surface area contributed by atoms with Gasteiger partial charge in [-0.15, -0.1) is 0 Å². The molecule has 15 nitrogen and oxygen atoms in total. The van der Waals surface area contributed by atoms with Crippen LogP contribution in [-0.2, 0) is 14.2 Å². The second-order valence-corrected chi connectivity index (χ2v) is 10.5. The van der Waals surface area contributed by atoms with Gasteiger partial charge in [0.25, 0.3) is 0 Å². The van der Waals surface area contributed by atoms with Crippen molar-refractivity contribution >= 4 is 5.78 Å². The lowest BCUT2D eigenvalue weighted by Gasteiger charge is -2.43. The first-order valence-corrected chi connectivity index (χ1v) is 13.1. The van der Waals surface area contributed by atoms with Gasteiger partial charge < -0.3 is 70.0 Å². The Morgan fingerprint density at radius 3 is 2.10 bits per heavy atom. The molecule has 10 N–H and O–H groups in total. The summed E-state index contributed by atoms with van der Waals surface area (Å²) in [6.45, 7) is -1.34. The van der Waals surface area contributed by atoms with Crippen LogP contribution in [0.3, 0.4) is 0 Å². The highest BCUT2D eigenvalue weighted by molar-refractivity contribution is 6.03. The van der Waals surface area contributed by atoms with Gasteiger partial charge in [0, 0.05) is 6.07 Å². The van der Waals surface area contributed by atoms with E-state index >= 15 is 0 Å². The van der Waals surface area contributed by atoms with E-state index in [0.29, 0.717) is 5.56 Å². The topological polar surface area (TPSA) is 256 Å². The number of phenolic OH excluding ortho intramolecular Hbond substituents is 3. The number of hydrogen-bond acceptors (Lipinski definition) is 15. The average Bonchev–Trinajstić information content (AvgIpc) is 2.96. The van der Waals surface area contributed by atoms with Crippen molar-refractivity contribution < 1.29 is 74.8 Å². The summed E-state index contributed by atoms with van der Waals surface area (Å²) in [6, 6.07) is 6.64. The van der Waals surface area contributed by atoms with E-state index in [0.717, 1.165) is 6.07 Å². The van der Waals surface area contributed by atoms with E-state index < -0.39 is 97.8 Å². The summed E-state index contributed by atoms with van der Waals surface area (Å²) in [5.41, 5.74) is -0.133. The van der Waals surface area contributed by atoms with Crippen LogP contribution in [0.4, 0.5) is 0 Å². The van der Waals surface area contributed by atoms with Crippen LogP contribution in [0.2, 0.25) is 0 Å². The maximum Gasteiger partial charge on any atom is 0.186 e. The van der Waals surface area contributed by atoms with Crippen molar-refractivity contribution in [2.45, 2.75) is 73.8 Å². The van der Waals surface area contributed by atoms with Crippen molar-refractivity contribution in [1.82, 2.24) is 0 Å². The first-order chi connectivity index (χ1) is 19.9. The van der Waals surface area contributed by atoms with Crippen molar-refractivity contribution in [2.24, 2.45) is 0 Å². The summed E-state index contributed by atoms with van der Waals surface area (Å²) >= 11 is 0. The van der Waals surface area contributed by atoms with Crippen LogP contribution in [0, 0.1) is 0 Å². The third-order valence-corrected chi connectivity index (χ3v) is 7.72. The molecule has 3 heterocycles. The van der Waals surface area contributed by atoms with Gasteiger partial charge in [-0.1, -0.05) is 12.1 Å². The van der Waals surface area contributed by atoms with Crippen molar-refractivity contribution in [3.05, 3.63) is 47.0 Å². The highest BCUT2D eigenvalue weighted by Crippen LogP contribution is 2.50. The lowest BCUT2D eigenvalue weighted by molar-refractivity contribution is -0.314. The van der Waals surface area contributed by atoms with Crippen LogP contribution in [0.15, 0.2) is 30.3 Å². The first kappa shape index (κ1) is 30.4. The summed E-state index contributed by atoms with van der Waals surface area (Å²) in [7, 11) is 0. The van der Waals surface area contributed by atoms with Gasteiger partial charge in [-0.2, -0.15) is 0 Å². The minimum absolute atomic E-state index is 0.0273. The Kier molecular flexibility index (Phi) is 8.60. The molecule has 11 atom stereocenters. The molecule has 0 aliphatic carbocycles. The van der Waals surface area contributed by atoms with E-state index in [9.17, 15) is 55.9 Å². The Morgan fingerprint density at radius 2 is 1.43 bits per heavy atom. The lowest BCUT2D eigenvalue weighted by Crippen LogP contribution is -2.60. The van der Waals surface area contributed by atoms with E-state index in [4.69, 9.17) is 18.9 Å². The predicted octanol–water partition coefficient (Wildman–Crippen LogP) is -2.15.